The Balaban J connectivity index is 0.00000264. The van der Waals surface area contributed by atoms with Gasteiger partial charge in [-0.2, -0.15) is 0 Å². The second-order valence-electron chi connectivity index (χ2n) is 4.87. The Morgan fingerprint density at radius 2 is 1.61 bits per heavy atom. The number of likely N-dealkylation sites (N-methyl/N-ethyl adjacent to an activating group) is 1. The lowest BCUT2D eigenvalue weighted by Crippen LogP contribution is -2.34. The highest BCUT2D eigenvalue weighted by atomic mass is 35.5. The summed E-state index contributed by atoms with van der Waals surface area (Å²) >= 11 is 1.58. The van der Waals surface area contributed by atoms with Gasteiger partial charge in [-0.15, -0.1) is 24.2 Å². The maximum absolute atomic E-state index is 12.6. The molecule has 2 aromatic carbocycles. The molecule has 2 N–H and O–H groups in total. The lowest BCUT2D eigenvalue weighted by atomic mass is 10.1. The molecule has 23 heavy (non-hydrogen) atoms. The summed E-state index contributed by atoms with van der Waals surface area (Å²) in [4.78, 5) is 13.6. The number of carbonyl (C=O) groups is 1. The lowest BCUT2D eigenvalue weighted by Gasteiger charge is -2.17. The van der Waals surface area contributed by atoms with E-state index in [1.54, 1.807) is 11.8 Å². The molecule has 1 amide bonds. The molecular formula is C18H23ClN2OS. The summed E-state index contributed by atoms with van der Waals surface area (Å²) in [6.07, 6.45) is 0. The number of benzene rings is 2. The van der Waals surface area contributed by atoms with E-state index >= 15 is 0 Å². The van der Waals surface area contributed by atoms with Crippen molar-refractivity contribution in [3.63, 3.8) is 0 Å². The van der Waals surface area contributed by atoms with Crippen LogP contribution in [0.5, 0.6) is 0 Å². The summed E-state index contributed by atoms with van der Waals surface area (Å²) in [5.74, 6) is 0.0537. The van der Waals surface area contributed by atoms with Gasteiger partial charge in [-0.05, 0) is 24.2 Å². The number of amides is 1. The summed E-state index contributed by atoms with van der Waals surface area (Å²) in [6.45, 7) is 4.40. The van der Waals surface area contributed by atoms with Crippen LogP contribution in [0, 0.1) is 0 Å². The second kappa shape index (κ2) is 11.1. The topological polar surface area (TPSA) is 41.1 Å². The average molecular weight is 351 g/mol. The number of hydrogen-bond donors (Lipinski definition) is 2. The Morgan fingerprint density at radius 3 is 2.22 bits per heavy atom. The first-order chi connectivity index (χ1) is 10.8. The summed E-state index contributed by atoms with van der Waals surface area (Å²) in [5.41, 5.74) is 1.03. The van der Waals surface area contributed by atoms with Gasteiger partial charge in [-0.25, -0.2) is 0 Å². The minimum absolute atomic E-state index is 0. The lowest BCUT2D eigenvalue weighted by molar-refractivity contribution is -0.120. The van der Waals surface area contributed by atoms with E-state index in [2.05, 4.69) is 17.6 Å². The molecule has 124 valence electrons. The van der Waals surface area contributed by atoms with Crippen molar-refractivity contribution in [1.82, 2.24) is 10.6 Å². The zero-order valence-corrected chi connectivity index (χ0v) is 14.8. The van der Waals surface area contributed by atoms with Crippen LogP contribution in [0.1, 0.15) is 17.7 Å². The minimum Gasteiger partial charge on any atom is -0.354 e. The van der Waals surface area contributed by atoms with Gasteiger partial charge in [0, 0.05) is 18.0 Å². The van der Waals surface area contributed by atoms with Gasteiger partial charge in [-0.3, -0.25) is 4.79 Å². The van der Waals surface area contributed by atoms with Crippen LogP contribution in [0.15, 0.2) is 65.6 Å². The Kier molecular flexibility index (Phi) is 9.45. The quantitative estimate of drug-likeness (QED) is 0.564. The van der Waals surface area contributed by atoms with Gasteiger partial charge in [0.25, 0.3) is 0 Å². The smallest absolute Gasteiger partial charge is 0.238 e. The fraction of sp³-hybridized carbons (Fsp3) is 0.278. The van der Waals surface area contributed by atoms with E-state index in [4.69, 9.17) is 0 Å². The zero-order valence-electron chi connectivity index (χ0n) is 13.2. The van der Waals surface area contributed by atoms with Crippen molar-refractivity contribution in [2.75, 3.05) is 19.6 Å². The van der Waals surface area contributed by atoms with Crippen LogP contribution < -0.4 is 10.6 Å². The van der Waals surface area contributed by atoms with Gasteiger partial charge in [-0.1, -0.05) is 55.5 Å². The first-order valence-corrected chi connectivity index (χ1v) is 8.44. The zero-order chi connectivity index (χ0) is 15.6. The van der Waals surface area contributed by atoms with Crippen molar-refractivity contribution in [3.8, 4) is 0 Å². The summed E-state index contributed by atoms with van der Waals surface area (Å²) < 4.78 is 0. The van der Waals surface area contributed by atoms with Crippen molar-refractivity contribution < 1.29 is 4.79 Å². The van der Waals surface area contributed by atoms with Crippen LogP contribution in [0.4, 0.5) is 0 Å². The van der Waals surface area contributed by atoms with Crippen LogP contribution in [0.25, 0.3) is 0 Å². The van der Waals surface area contributed by atoms with Gasteiger partial charge in [0.1, 0.15) is 5.25 Å². The van der Waals surface area contributed by atoms with Crippen LogP contribution in [-0.4, -0.2) is 25.5 Å². The number of nitrogens with one attached hydrogen (secondary N) is 2. The van der Waals surface area contributed by atoms with Crippen molar-refractivity contribution >= 4 is 30.1 Å². The molecule has 5 heteroatoms. The third-order valence-electron chi connectivity index (χ3n) is 3.19. The van der Waals surface area contributed by atoms with Crippen LogP contribution in [0.3, 0.4) is 0 Å². The number of rotatable bonds is 8. The Hall–Kier alpha value is -1.49. The molecule has 0 saturated heterocycles. The van der Waals surface area contributed by atoms with Gasteiger partial charge in [0.05, 0.1) is 0 Å². The highest BCUT2D eigenvalue weighted by Crippen LogP contribution is 2.35. The van der Waals surface area contributed by atoms with Crippen molar-refractivity contribution in [3.05, 3.63) is 66.2 Å². The van der Waals surface area contributed by atoms with E-state index in [1.807, 2.05) is 60.7 Å². The summed E-state index contributed by atoms with van der Waals surface area (Å²) in [6, 6.07) is 20.0. The average Bonchev–Trinajstić information content (AvgIpc) is 2.58. The molecular weight excluding hydrogens is 328 g/mol. The molecule has 0 fully saturated rings. The van der Waals surface area contributed by atoms with E-state index in [-0.39, 0.29) is 23.6 Å². The number of hydrogen-bond acceptors (Lipinski definition) is 3. The monoisotopic (exact) mass is 350 g/mol. The molecule has 0 aromatic heterocycles. The van der Waals surface area contributed by atoms with Gasteiger partial charge < -0.3 is 10.6 Å². The molecule has 2 aromatic rings. The molecule has 1 unspecified atom stereocenters. The molecule has 3 nitrogen and oxygen atoms in total. The van der Waals surface area contributed by atoms with Gasteiger partial charge in [0.2, 0.25) is 5.91 Å². The highest BCUT2D eigenvalue weighted by molar-refractivity contribution is 8.00. The van der Waals surface area contributed by atoms with Crippen LogP contribution in [-0.2, 0) is 4.79 Å². The normalized spacial score (nSPS) is 11.3. The fourth-order valence-electron chi connectivity index (χ4n) is 2.08. The maximum atomic E-state index is 12.6. The summed E-state index contributed by atoms with van der Waals surface area (Å²) in [7, 11) is 0. The van der Waals surface area contributed by atoms with E-state index in [1.165, 1.54) is 0 Å². The first-order valence-electron chi connectivity index (χ1n) is 7.56. The predicted octanol–water partition coefficient (Wildman–Crippen LogP) is 3.67. The number of thioether (sulfide) groups is 1. The maximum Gasteiger partial charge on any atom is 0.238 e. The molecule has 0 aliphatic carbocycles. The van der Waals surface area contributed by atoms with Crippen LogP contribution >= 0.6 is 24.2 Å². The van der Waals surface area contributed by atoms with E-state index in [9.17, 15) is 4.79 Å². The Labute approximate surface area is 148 Å². The minimum atomic E-state index is -0.231. The standard InChI is InChI=1S/C18H22N2OS.ClH/c1-2-19-13-14-20-18(21)17(15-9-5-3-6-10-15)22-16-11-7-4-8-12-16;/h3-12,17,19H,2,13-14H2,1H3,(H,20,21);1H. The molecule has 0 radical (unpaired) electrons. The molecule has 0 aliphatic rings. The predicted molar refractivity (Wildman–Crippen MR) is 100 cm³/mol. The van der Waals surface area contributed by atoms with E-state index in [0.29, 0.717) is 6.54 Å². The SMILES string of the molecule is CCNCCNC(=O)C(Sc1ccccc1)c1ccccc1.Cl. The second-order valence-corrected chi connectivity index (χ2v) is 6.04. The largest absolute Gasteiger partial charge is 0.354 e. The highest BCUT2D eigenvalue weighted by Gasteiger charge is 2.21. The van der Waals surface area contributed by atoms with Crippen molar-refractivity contribution in [2.45, 2.75) is 17.1 Å². The van der Waals surface area contributed by atoms with Crippen molar-refractivity contribution in [1.29, 1.82) is 0 Å². The first kappa shape index (κ1) is 19.6. The summed E-state index contributed by atoms with van der Waals surface area (Å²) in [5, 5.41) is 5.99. The van der Waals surface area contributed by atoms with Gasteiger partial charge >= 0.3 is 0 Å². The van der Waals surface area contributed by atoms with Gasteiger partial charge in [0.15, 0.2) is 0 Å². The van der Waals surface area contributed by atoms with E-state index in [0.717, 1.165) is 23.5 Å². The molecule has 0 spiro atoms. The fourth-order valence-corrected chi connectivity index (χ4v) is 3.15. The molecule has 0 aliphatic heterocycles. The third kappa shape index (κ3) is 6.65. The van der Waals surface area contributed by atoms with Crippen molar-refractivity contribution in [2.24, 2.45) is 0 Å². The van der Waals surface area contributed by atoms with Crippen LogP contribution in [0.2, 0.25) is 0 Å². The number of halogens is 1. The Morgan fingerprint density at radius 1 is 1.00 bits per heavy atom. The van der Waals surface area contributed by atoms with E-state index < -0.39 is 0 Å². The molecule has 2 rings (SSSR count). The molecule has 0 saturated carbocycles. The molecule has 1 atom stereocenters. The third-order valence-corrected chi connectivity index (χ3v) is 4.45. The molecule has 0 heterocycles. The Bertz CT molecular complexity index is 566. The molecule has 0 bridgehead atoms. The number of carbonyl (C=O) groups excluding carboxylic acids is 1.